The fraction of sp³-hybridized carbons (Fsp3) is 0.571. The first-order valence-corrected chi connectivity index (χ1v) is 11.8. The monoisotopic (exact) mass is 416 g/mol. The number of rotatable bonds is 6. The summed E-state index contributed by atoms with van der Waals surface area (Å²) >= 11 is 3.14. The molecule has 4 aliphatic rings. The minimum Gasteiger partial charge on any atom is -0.455 e. The van der Waals surface area contributed by atoms with E-state index < -0.39 is 5.97 Å². The summed E-state index contributed by atoms with van der Waals surface area (Å²) in [5, 5.41) is 10.1. The lowest BCUT2D eigenvalue weighted by atomic mass is 9.53. The molecular weight excluding hydrogens is 392 g/mol. The maximum Gasteiger partial charge on any atom is 0.312 e. The van der Waals surface area contributed by atoms with Crippen molar-refractivity contribution in [3.63, 3.8) is 0 Å². The van der Waals surface area contributed by atoms with E-state index in [1.165, 1.54) is 30.6 Å². The second kappa shape index (κ2) is 7.26. The SMILES string of the molecule is O=C(COC(=O)Cc1csc(-c2ccsc2)n1)NC12CC3CC(CC(C3)C1)C2. The Hall–Kier alpha value is -1.73. The molecule has 4 fully saturated rings. The van der Waals surface area contributed by atoms with Gasteiger partial charge in [-0.3, -0.25) is 9.59 Å². The van der Waals surface area contributed by atoms with Gasteiger partial charge in [0.1, 0.15) is 5.01 Å². The van der Waals surface area contributed by atoms with Crippen molar-refractivity contribution >= 4 is 34.6 Å². The number of carbonyl (C=O) groups excluding carboxylic acids is 2. The zero-order chi connectivity index (χ0) is 19.1. The summed E-state index contributed by atoms with van der Waals surface area (Å²) in [7, 11) is 0. The number of aromatic nitrogens is 1. The Morgan fingerprint density at radius 2 is 1.86 bits per heavy atom. The van der Waals surface area contributed by atoms with Crippen molar-refractivity contribution in [1.29, 1.82) is 0 Å². The molecule has 0 aromatic carbocycles. The van der Waals surface area contributed by atoms with Gasteiger partial charge in [0, 0.05) is 21.9 Å². The van der Waals surface area contributed by atoms with E-state index in [4.69, 9.17) is 4.74 Å². The first-order chi connectivity index (χ1) is 13.6. The fourth-order valence-electron chi connectivity index (χ4n) is 5.85. The maximum atomic E-state index is 12.4. The molecule has 28 heavy (non-hydrogen) atoms. The molecule has 4 saturated carbocycles. The number of carbonyl (C=O) groups is 2. The van der Waals surface area contributed by atoms with Crippen molar-refractivity contribution in [3.05, 3.63) is 27.9 Å². The maximum absolute atomic E-state index is 12.4. The van der Waals surface area contributed by atoms with Crippen LogP contribution in [0, 0.1) is 17.8 Å². The molecule has 2 aromatic heterocycles. The highest BCUT2D eigenvalue weighted by atomic mass is 32.1. The molecule has 4 bridgehead atoms. The van der Waals surface area contributed by atoms with Gasteiger partial charge in [-0.15, -0.1) is 11.3 Å². The van der Waals surface area contributed by atoms with Gasteiger partial charge in [-0.1, -0.05) is 0 Å². The Bertz CT molecular complexity index is 839. The van der Waals surface area contributed by atoms with Crippen LogP contribution in [0.2, 0.25) is 0 Å². The lowest BCUT2D eigenvalue weighted by Crippen LogP contribution is -2.60. The molecular formula is C21H24N2O3S2. The standard InChI is InChI=1S/C21H24N2O3S2/c24-18(23-21-7-13-3-14(8-21)5-15(4-13)9-21)10-26-19(25)6-17-12-28-20(22-17)16-1-2-27-11-16/h1-2,11-15H,3-10H2,(H,23,24). The van der Waals surface area contributed by atoms with Crippen molar-refractivity contribution in [2.45, 2.75) is 50.5 Å². The molecule has 2 heterocycles. The molecule has 148 valence electrons. The van der Waals surface area contributed by atoms with Gasteiger partial charge < -0.3 is 10.1 Å². The molecule has 2 aromatic rings. The van der Waals surface area contributed by atoms with Crippen LogP contribution in [0.5, 0.6) is 0 Å². The molecule has 4 aliphatic carbocycles. The minimum absolute atomic E-state index is 0.0391. The molecule has 0 unspecified atom stereocenters. The van der Waals surface area contributed by atoms with Crippen LogP contribution in [0.1, 0.15) is 44.2 Å². The number of esters is 1. The summed E-state index contributed by atoms with van der Waals surface area (Å²) in [5.74, 6) is 1.76. The van der Waals surface area contributed by atoms with E-state index in [1.54, 1.807) is 11.3 Å². The number of amides is 1. The summed E-state index contributed by atoms with van der Waals surface area (Å²) < 4.78 is 5.24. The summed E-state index contributed by atoms with van der Waals surface area (Å²) in [5.41, 5.74) is 1.73. The van der Waals surface area contributed by atoms with Crippen LogP contribution in [-0.2, 0) is 20.7 Å². The second-order valence-electron chi connectivity index (χ2n) is 8.74. The molecule has 1 amide bonds. The van der Waals surface area contributed by atoms with Gasteiger partial charge in [0.25, 0.3) is 5.91 Å². The van der Waals surface area contributed by atoms with E-state index in [2.05, 4.69) is 10.3 Å². The molecule has 7 heteroatoms. The Morgan fingerprint density at radius 1 is 1.14 bits per heavy atom. The normalized spacial score (nSPS) is 30.4. The van der Waals surface area contributed by atoms with Gasteiger partial charge in [-0.25, -0.2) is 4.98 Å². The van der Waals surface area contributed by atoms with Gasteiger partial charge in [0.05, 0.1) is 12.1 Å². The van der Waals surface area contributed by atoms with Crippen LogP contribution >= 0.6 is 22.7 Å². The molecule has 1 N–H and O–H groups in total. The number of hydrogen-bond acceptors (Lipinski definition) is 6. The molecule has 0 saturated heterocycles. The van der Waals surface area contributed by atoms with Crippen molar-refractivity contribution < 1.29 is 14.3 Å². The largest absolute Gasteiger partial charge is 0.455 e. The zero-order valence-electron chi connectivity index (χ0n) is 15.7. The topological polar surface area (TPSA) is 68.3 Å². The average molecular weight is 417 g/mol. The van der Waals surface area contributed by atoms with Gasteiger partial charge in [0.15, 0.2) is 6.61 Å². The first kappa shape index (κ1) is 18.3. The van der Waals surface area contributed by atoms with Crippen LogP contribution in [0.4, 0.5) is 0 Å². The number of thiophene rings is 1. The Kier molecular flexibility index (Phi) is 4.75. The van der Waals surface area contributed by atoms with E-state index in [0.29, 0.717) is 5.69 Å². The number of thiazole rings is 1. The van der Waals surface area contributed by atoms with Crippen molar-refractivity contribution in [2.75, 3.05) is 6.61 Å². The van der Waals surface area contributed by atoms with Crippen LogP contribution in [0.15, 0.2) is 22.2 Å². The third-order valence-corrected chi connectivity index (χ3v) is 8.08. The number of ether oxygens (including phenoxy) is 1. The number of nitrogens with one attached hydrogen (secondary N) is 1. The Morgan fingerprint density at radius 3 is 2.50 bits per heavy atom. The number of nitrogens with zero attached hydrogens (tertiary/aromatic N) is 1. The summed E-state index contributed by atoms with van der Waals surface area (Å²) in [6.07, 6.45) is 7.42. The van der Waals surface area contributed by atoms with Crippen molar-refractivity contribution in [3.8, 4) is 10.6 Å². The Balaban J connectivity index is 1.12. The van der Waals surface area contributed by atoms with Gasteiger partial charge in [-0.2, -0.15) is 11.3 Å². The molecule has 6 rings (SSSR count). The van der Waals surface area contributed by atoms with E-state index >= 15 is 0 Å². The predicted molar refractivity (Wildman–Crippen MR) is 109 cm³/mol. The lowest BCUT2D eigenvalue weighted by Gasteiger charge is -2.56. The zero-order valence-corrected chi connectivity index (χ0v) is 17.3. The lowest BCUT2D eigenvalue weighted by molar-refractivity contribution is -0.149. The quantitative estimate of drug-likeness (QED) is 0.722. The summed E-state index contributed by atoms with van der Waals surface area (Å²) in [4.78, 5) is 29.1. The van der Waals surface area contributed by atoms with Gasteiger partial charge in [-0.05, 0) is 67.7 Å². The van der Waals surface area contributed by atoms with Crippen molar-refractivity contribution in [1.82, 2.24) is 10.3 Å². The first-order valence-electron chi connectivity index (χ1n) is 10.0. The fourth-order valence-corrected chi connectivity index (χ4v) is 7.38. The highest BCUT2D eigenvalue weighted by Gasteiger charge is 2.51. The smallest absolute Gasteiger partial charge is 0.312 e. The van der Waals surface area contributed by atoms with Crippen molar-refractivity contribution in [2.24, 2.45) is 17.8 Å². The highest BCUT2D eigenvalue weighted by Crippen LogP contribution is 2.55. The predicted octanol–water partition coefficient (Wildman–Crippen LogP) is 4.04. The van der Waals surface area contributed by atoms with E-state index in [-0.39, 0.29) is 24.5 Å². The number of hydrogen-bond donors (Lipinski definition) is 1. The molecule has 0 aliphatic heterocycles. The second-order valence-corrected chi connectivity index (χ2v) is 10.4. The van der Waals surface area contributed by atoms with Crippen LogP contribution in [0.3, 0.4) is 0 Å². The average Bonchev–Trinajstić information content (AvgIpc) is 3.29. The van der Waals surface area contributed by atoms with Crippen LogP contribution in [0.25, 0.3) is 10.6 Å². The molecule has 5 nitrogen and oxygen atoms in total. The van der Waals surface area contributed by atoms with E-state index in [0.717, 1.165) is 47.6 Å². The van der Waals surface area contributed by atoms with Gasteiger partial charge >= 0.3 is 5.97 Å². The third-order valence-electron chi connectivity index (χ3n) is 6.45. The highest BCUT2D eigenvalue weighted by molar-refractivity contribution is 7.14. The third kappa shape index (κ3) is 3.74. The molecule has 0 atom stereocenters. The molecule has 0 radical (unpaired) electrons. The summed E-state index contributed by atoms with van der Waals surface area (Å²) in [6.45, 7) is -0.192. The molecule has 0 spiro atoms. The minimum atomic E-state index is -0.400. The van der Waals surface area contributed by atoms with Crippen LogP contribution in [-0.4, -0.2) is 29.0 Å². The van der Waals surface area contributed by atoms with Crippen LogP contribution < -0.4 is 5.32 Å². The van der Waals surface area contributed by atoms with Gasteiger partial charge in [0.2, 0.25) is 0 Å². The Labute approximate surface area is 172 Å². The van der Waals surface area contributed by atoms with E-state index in [9.17, 15) is 9.59 Å². The van der Waals surface area contributed by atoms with E-state index in [1.807, 2.05) is 22.2 Å². The summed E-state index contributed by atoms with van der Waals surface area (Å²) in [6, 6.07) is 2.01.